The lowest BCUT2D eigenvalue weighted by Gasteiger charge is -2.24. The van der Waals surface area contributed by atoms with E-state index in [4.69, 9.17) is 4.74 Å². The van der Waals surface area contributed by atoms with E-state index in [-0.39, 0.29) is 37.2 Å². The first-order valence-electron chi connectivity index (χ1n) is 10.7. The van der Waals surface area contributed by atoms with Crippen LogP contribution in [0.15, 0.2) is 78.9 Å². The standard InChI is InChI=1S/C26H25FN2O3/c27-21-11-9-19(10-12-21)17-29(26(31)18-32-24-7-2-1-3-8-24)23-6-4-5-20(15-23)16-25(30)28-22-13-14-22/h1-12,15,22H,13-14,16-18H2,(H,28,30). The second-order valence-corrected chi connectivity index (χ2v) is 7.90. The zero-order valence-electron chi connectivity index (χ0n) is 17.7. The number of carbonyl (C=O) groups is 2. The number of carbonyl (C=O) groups excluding carboxylic acids is 2. The van der Waals surface area contributed by atoms with Crippen LogP contribution < -0.4 is 15.0 Å². The van der Waals surface area contributed by atoms with E-state index in [0.29, 0.717) is 17.5 Å². The monoisotopic (exact) mass is 432 g/mol. The minimum absolute atomic E-state index is 0.0199. The third-order valence-electron chi connectivity index (χ3n) is 5.19. The van der Waals surface area contributed by atoms with Crippen LogP contribution in [-0.4, -0.2) is 24.5 Å². The van der Waals surface area contributed by atoms with E-state index in [2.05, 4.69) is 5.32 Å². The molecule has 1 aliphatic carbocycles. The summed E-state index contributed by atoms with van der Waals surface area (Å²) in [6.07, 6.45) is 2.32. The molecular formula is C26H25FN2O3. The molecule has 1 saturated carbocycles. The number of hydrogen-bond donors (Lipinski definition) is 1. The Hall–Kier alpha value is -3.67. The number of nitrogens with zero attached hydrogens (tertiary/aromatic N) is 1. The zero-order chi connectivity index (χ0) is 22.3. The van der Waals surface area contributed by atoms with Crippen molar-refractivity contribution in [1.82, 2.24) is 5.32 Å². The first-order valence-corrected chi connectivity index (χ1v) is 10.7. The van der Waals surface area contributed by atoms with Gasteiger partial charge < -0.3 is 15.0 Å². The normalized spacial score (nSPS) is 12.8. The predicted molar refractivity (Wildman–Crippen MR) is 121 cm³/mol. The minimum Gasteiger partial charge on any atom is -0.484 e. The molecule has 32 heavy (non-hydrogen) atoms. The molecule has 5 nitrogen and oxygen atoms in total. The van der Waals surface area contributed by atoms with Gasteiger partial charge in [0.15, 0.2) is 6.61 Å². The van der Waals surface area contributed by atoms with Gasteiger partial charge in [0, 0.05) is 11.7 Å². The van der Waals surface area contributed by atoms with Crippen molar-refractivity contribution in [3.63, 3.8) is 0 Å². The number of nitrogens with one attached hydrogen (secondary N) is 1. The second-order valence-electron chi connectivity index (χ2n) is 7.90. The van der Waals surface area contributed by atoms with Gasteiger partial charge in [-0.1, -0.05) is 42.5 Å². The molecule has 0 atom stereocenters. The lowest BCUT2D eigenvalue weighted by Crippen LogP contribution is -2.34. The summed E-state index contributed by atoms with van der Waals surface area (Å²) in [4.78, 5) is 26.9. The third kappa shape index (κ3) is 6.17. The molecule has 0 spiro atoms. The molecule has 1 N–H and O–H groups in total. The van der Waals surface area contributed by atoms with Crippen LogP contribution in [0.1, 0.15) is 24.0 Å². The van der Waals surface area contributed by atoms with Crippen LogP contribution in [0.2, 0.25) is 0 Å². The van der Waals surface area contributed by atoms with E-state index in [1.807, 2.05) is 42.5 Å². The lowest BCUT2D eigenvalue weighted by molar-refractivity contribution is -0.121. The highest BCUT2D eigenvalue weighted by Crippen LogP contribution is 2.22. The fraction of sp³-hybridized carbons (Fsp3) is 0.231. The molecule has 164 valence electrons. The highest BCUT2D eigenvalue weighted by molar-refractivity contribution is 5.94. The summed E-state index contributed by atoms with van der Waals surface area (Å²) in [5, 5.41) is 2.98. The number of benzene rings is 3. The Morgan fingerprint density at radius 2 is 1.69 bits per heavy atom. The Morgan fingerprint density at radius 1 is 0.938 bits per heavy atom. The van der Waals surface area contributed by atoms with E-state index in [0.717, 1.165) is 24.0 Å². The maximum absolute atomic E-state index is 13.3. The molecule has 1 fully saturated rings. The fourth-order valence-corrected chi connectivity index (χ4v) is 3.36. The smallest absolute Gasteiger partial charge is 0.265 e. The summed E-state index contributed by atoms with van der Waals surface area (Å²) in [6, 6.07) is 22.9. The minimum atomic E-state index is -0.331. The number of ether oxygens (including phenoxy) is 1. The largest absolute Gasteiger partial charge is 0.484 e. The maximum Gasteiger partial charge on any atom is 0.265 e. The molecule has 0 aliphatic heterocycles. The van der Waals surface area contributed by atoms with Gasteiger partial charge in [-0.05, 0) is 60.4 Å². The lowest BCUT2D eigenvalue weighted by atomic mass is 10.1. The summed E-state index contributed by atoms with van der Waals surface area (Å²) in [6.45, 7) is 0.118. The first kappa shape index (κ1) is 21.6. The van der Waals surface area contributed by atoms with Crippen LogP contribution in [0, 0.1) is 5.82 Å². The molecule has 0 unspecified atom stereocenters. The van der Waals surface area contributed by atoms with Crippen LogP contribution in [0.5, 0.6) is 5.75 Å². The highest BCUT2D eigenvalue weighted by atomic mass is 19.1. The maximum atomic E-state index is 13.3. The Morgan fingerprint density at radius 3 is 2.41 bits per heavy atom. The summed E-state index contributed by atoms with van der Waals surface area (Å²) in [5.41, 5.74) is 2.27. The van der Waals surface area contributed by atoms with Gasteiger partial charge in [-0.15, -0.1) is 0 Å². The molecular weight excluding hydrogens is 407 g/mol. The van der Waals surface area contributed by atoms with Crippen LogP contribution in [0.4, 0.5) is 10.1 Å². The number of hydrogen-bond acceptors (Lipinski definition) is 3. The molecule has 2 amide bonds. The van der Waals surface area contributed by atoms with E-state index >= 15 is 0 Å². The van der Waals surface area contributed by atoms with Crippen molar-refractivity contribution in [2.24, 2.45) is 0 Å². The number of halogens is 1. The van der Waals surface area contributed by atoms with Gasteiger partial charge >= 0.3 is 0 Å². The van der Waals surface area contributed by atoms with Gasteiger partial charge in [0.25, 0.3) is 5.91 Å². The number of rotatable bonds is 9. The van der Waals surface area contributed by atoms with E-state index in [1.165, 1.54) is 12.1 Å². The van der Waals surface area contributed by atoms with Gasteiger partial charge in [-0.3, -0.25) is 9.59 Å². The van der Waals surface area contributed by atoms with Crippen LogP contribution in [0.3, 0.4) is 0 Å². The average molecular weight is 432 g/mol. The van der Waals surface area contributed by atoms with Crippen molar-refractivity contribution in [2.45, 2.75) is 31.8 Å². The Labute approximate surface area is 186 Å². The molecule has 6 heteroatoms. The zero-order valence-corrected chi connectivity index (χ0v) is 17.7. The summed E-state index contributed by atoms with van der Waals surface area (Å²) >= 11 is 0. The van der Waals surface area contributed by atoms with Crippen LogP contribution in [0.25, 0.3) is 0 Å². The van der Waals surface area contributed by atoms with Crippen molar-refractivity contribution < 1.29 is 18.7 Å². The number of para-hydroxylation sites is 1. The van der Waals surface area contributed by atoms with Crippen molar-refractivity contribution in [2.75, 3.05) is 11.5 Å². The highest BCUT2D eigenvalue weighted by Gasteiger charge is 2.23. The third-order valence-corrected chi connectivity index (χ3v) is 5.19. The molecule has 1 aliphatic rings. The second kappa shape index (κ2) is 10.1. The van der Waals surface area contributed by atoms with E-state index in [9.17, 15) is 14.0 Å². The van der Waals surface area contributed by atoms with E-state index in [1.54, 1.807) is 29.2 Å². The summed E-state index contributed by atoms with van der Waals surface area (Å²) in [7, 11) is 0. The quantitative estimate of drug-likeness (QED) is 0.550. The van der Waals surface area contributed by atoms with Crippen molar-refractivity contribution >= 4 is 17.5 Å². The topological polar surface area (TPSA) is 58.6 Å². The molecule has 0 aromatic heterocycles. The number of amides is 2. The van der Waals surface area contributed by atoms with Crippen molar-refractivity contribution in [3.8, 4) is 5.75 Å². The van der Waals surface area contributed by atoms with Gasteiger partial charge in [0.1, 0.15) is 11.6 Å². The summed E-state index contributed by atoms with van der Waals surface area (Å²) < 4.78 is 19.0. The first-order chi connectivity index (χ1) is 15.6. The predicted octanol–water partition coefficient (Wildman–Crippen LogP) is 4.26. The molecule has 0 saturated heterocycles. The Bertz CT molecular complexity index is 1070. The summed E-state index contributed by atoms with van der Waals surface area (Å²) in [5.74, 6) is 0.0158. The number of anilines is 1. The molecule has 0 bridgehead atoms. The van der Waals surface area contributed by atoms with Crippen molar-refractivity contribution in [3.05, 3.63) is 95.8 Å². The SMILES string of the molecule is O=C(Cc1cccc(N(Cc2ccc(F)cc2)C(=O)COc2ccccc2)c1)NC1CC1. The molecule has 0 heterocycles. The van der Waals surface area contributed by atoms with Gasteiger partial charge in [-0.2, -0.15) is 0 Å². The van der Waals surface area contributed by atoms with E-state index < -0.39 is 0 Å². The van der Waals surface area contributed by atoms with Crippen LogP contribution in [-0.2, 0) is 22.6 Å². The van der Waals surface area contributed by atoms with Crippen LogP contribution >= 0.6 is 0 Å². The molecule has 4 rings (SSSR count). The molecule has 3 aromatic carbocycles. The van der Waals surface area contributed by atoms with Gasteiger partial charge in [-0.25, -0.2) is 4.39 Å². The molecule has 0 radical (unpaired) electrons. The van der Waals surface area contributed by atoms with Gasteiger partial charge in [0.2, 0.25) is 5.91 Å². The Balaban J connectivity index is 1.52. The molecule has 3 aromatic rings. The Kier molecular flexibility index (Phi) is 6.80. The van der Waals surface area contributed by atoms with Gasteiger partial charge in [0.05, 0.1) is 13.0 Å². The van der Waals surface area contributed by atoms with Crippen molar-refractivity contribution in [1.29, 1.82) is 0 Å². The fourth-order valence-electron chi connectivity index (χ4n) is 3.36. The average Bonchev–Trinajstić information content (AvgIpc) is 3.62.